The van der Waals surface area contributed by atoms with Crippen LogP contribution >= 0.6 is 0 Å². The smallest absolute Gasteiger partial charge is 0.207 e. The Balaban J connectivity index is 2.58. The zero-order valence-corrected chi connectivity index (χ0v) is 18.2. The van der Waals surface area contributed by atoms with Gasteiger partial charge < -0.3 is 0 Å². The highest BCUT2D eigenvalue weighted by atomic mass is 32.2. The fourth-order valence-corrected chi connectivity index (χ4v) is 5.53. The van der Waals surface area contributed by atoms with Gasteiger partial charge in [-0.05, 0) is 53.2 Å². The van der Waals surface area contributed by atoms with E-state index >= 15 is 0 Å². The van der Waals surface area contributed by atoms with E-state index in [1.807, 2.05) is 6.08 Å². The summed E-state index contributed by atoms with van der Waals surface area (Å²) in [7, 11) is -3.58. The molecule has 26 heavy (non-hydrogen) atoms. The van der Waals surface area contributed by atoms with Gasteiger partial charge in [0.15, 0.2) is 0 Å². The van der Waals surface area contributed by atoms with Crippen molar-refractivity contribution in [2.45, 2.75) is 90.0 Å². The maximum Gasteiger partial charge on any atom is 0.241 e. The predicted octanol–water partition coefficient (Wildman–Crippen LogP) is 5.69. The van der Waals surface area contributed by atoms with Crippen LogP contribution in [0.25, 0.3) is 0 Å². The average Bonchev–Trinajstić information content (AvgIpc) is 2.52. The Morgan fingerprint density at radius 3 is 1.92 bits per heavy atom. The first-order chi connectivity index (χ1) is 12.0. The van der Waals surface area contributed by atoms with Crippen LogP contribution in [0, 0.1) is 5.92 Å². The van der Waals surface area contributed by atoms with E-state index in [1.54, 1.807) is 0 Å². The molecule has 0 aliphatic heterocycles. The molecule has 146 valence electrons. The second-order valence-corrected chi connectivity index (χ2v) is 10.4. The van der Waals surface area contributed by atoms with Gasteiger partial charge in [-0.2, -0.15) is 0 Å². The zero-order chi connectivity index (χ0) is 19.6. The zero-order valence-electron chi connectivity index (χ0n) is 17.3. The van der Waals surface area contributed by atoms with E-state index in [4.69, 9.17) is 0 Å². The van der Waals surface area contributed by atoms with Crippen LogP contribution in [0.4, 0.5) is 0 Å². The number of nitrogens with one attached hydrogen (secondary N) is 1. The highest BCUT2D eigenvalue weighted by Crippen LogP contribution is 2.35. The molecule has 0 aromatic heterocycles. The second kappa shape index (κ2) is 8.26. The molecule has 2 atom stereocenters. The lowest BCUT2D eigenvalue weighted by molar-refractivity contribution is 0.462. The van der Waals surface area contributed by atoms with Gasteiger partial charge in [-0.15, -0.1) is 0 Å². The summed E-state index contributed by atoms with van der Waals surface area (Å²) in [5, 5.41) is 0. The fraction of sp³-hybridized carbons (Fsp3) is 0.636. The molecule has 0 radical (unpaired) electrons. The number of hydrogen-bond donors (Lipinski definition) is 1. The van der Waals surface area contributed by atoms with Crippen LogP contribution in [0.1, 0.15) is 95.8 Å². The van der Waals surface area contributed by atoms with E-state index < -0.39 is 10.0 Å². The molecule has 0 spiro atoms. The molecular formula is C22H35NO2S. The van der Waals surface area contributed by atoms with E-state index in [9.17, 15) is 8.42 Å². The normalized spacial score (nSPS) is 21.2. The molecule has 0 heterocycles. The van der Waals surface area contributed by atoms with Crippen LogP contribution in [0.5, 0.6) is 0 Å². The molecule has 1 aliphatic carbocycles. The van der Waals surface area contributed by atoms with Gasteiger partial charge in [-0.3, -0.25) is 0 Å². The van der Waals surface area contributed by atoms with Crippen LogP contribution in [0.3, 0.4) is 0 Å². The highest BCUT2D eigenvalue weighted by Gasteiger charge is 2.29. The summed E-state index contributed by atoms with van der Waals surface area (Å²) in [5.74, 6) is 1.18. The summed E-state index contributed by atoms with van der Waals surface area (Å²) < 4.78 is 29.8. The van der Waals surface area contributed by atoms with Gasteiger partial charge in [0.2, 0.25) is 10.0 Å². The number of benzene rings is 1. The lowest BCUT2D eigenvalue weighted by atomic mass is 9.89. The van der Waals surface area contributed by atoms with Crippen LogP contribution < -0.4 is 4.72 Å². The third-order valence-corrected chi connectivity index (χ3v) is 6.84. The van der Waals surface area contributed by atoms with Gasteiger partial charge >= 0.3 is 0 Å². The Kier molecular flexibility index (Phi) is 6.73. The maximum absolute atomic E-state index is 13.4. The lowest BCUT2D eigenvalue weighted by Crippen LogP contribution is -2.37. The molecule has 3 nitrogen and oxygen atoms in total. The molecule has 0 saturated heterocycles. The summed E-state index contributed by atoms with van der Waals surface area (Å²) in [6, 6.07) is 4.07. The minimum absolute atomic E-state index is 0.117. The standard InChI is InChI=1S/C22H35NO2S/c1-14(2)18-12-20(15(3)4)22(21(13-18)16(5)6)26(24,25)23-19-10-8-9-17(7)11-19/h8,10,12-17,19,23H,9,11H2,1-7H3/t17-,19-/m0/s1. The SMILES string of the molecule is CC(C)c1cc(C(C)C)c(S(=O)(=O)N[C@H]2C=CC[C@H](C)C2)c(C(C)C)c1. The molecule has 1 aromatic carbocycles. The van der Waals surface area contributed by atoms with E-state index in [2.05, 4.69) is 71.4 Å². The van der Waals surface area contributed by atoms with Crippen LogP contribution in [0.2, 0.25) is 0 Å². The summed E-state index contributed by atoms with van der Waals surface area (Å²) in [5.41, 5.74) is 3.07. The van der Waals surface area contributed by atoms with Gasteiger partial charge in [0, 0.05) is 6.04 Å². The Morgan fingerprint density at radius 2 is 1.50 bits per heavy atom. The van der Waals surface area contributed by atoms with Crippen LogP contribution in [-0.4, -0.2) is 14.5 Å². The van der Waals surface area contributed by atoms with Crippen molar-refractivity contribution in [1.82, 2.24) is 4.72 Å². The quantitative estimate of drug-likeness (QED) is 0.647. The summed E-state index contributed by atoms with van der Waals surface area (Å²) in [6.45, 7) is 14.8. The third-order valence-electron chi connectivity index (χ3n) is 5.22. The van der Waals surface area contributed by atoms with E-state index in [1.165, 1.54) is 5.56 Å². The van der Waals surface area contributed by atoms with Crippen molar-refractivity contribution in [3.63, 3.8) is 0 Å². The van der Waals surface area contributed by atoms with Gasteiger partial charge in [0.05, 0.1) is 4.90 Å². The Labute approximate surface area is 160 Å². The van der Waals surface area contributed by atoms with Gasteiger partial charge in [-0.25, -0.2) is 13.1 Å². The molecule has 0 fully saturated rings. The monoisotopic (exact) mass is 377 g/mol. The van der Waals surface area contributed by atoms with Gasteiger partial charge in [-0.1, -0.05) is 72.8 Å². The summed E-state index contributed by atoms with van der Waals surface area (Å²) in [6.07, 6.45) is 5.98. The first-order valence-electron chi connectivity index (χ1n) is 9.89. The van der Waals surface area contributed by atoms with Crippen molar-refractivity contribution in [2.24, 2.45) is 5.92 Å². The number of allylic oxidation sites excluding steroid dienone is 1. The molecule has 0 saturated carbocycles. The molecule has 0 unspecified atom stereocenters. The number of hydrogen-bond acceptors (Lipinski definition) is 2. The molecule has 1 aliphatic rings. The summed E-state index contributed by atoms with van der Waals surface area (Å²) in [4.78, 5) is 0.499. The molecular weight excluding hydrogens is 342 g/mol. The van der Waals surface area contributed by atoms with Crippen molar-refractivity contribution in [2.75, 3.05) is 0 Å². The molecule has 0 bridgehead atoms. The van der Waals surface area contributed by atoms with Crippen molar-refractivity contribution < 1.29 is 8.42 Å². The average molecular weight is 378 g/mol. The molecule has 0 amide bonds. The number of sulfonamides is 1. The Morgan fingerprint density at radius 1 is 0.962 bits per heavy atom. The summed E-state index contributed by atoms with van der Waals surface area (Å²) >= 11 is 0. The molecule has 2 rings (SSSR count). The molecule has 1 aromatic rings. The molecule has 1 N–H and O–H groups in total. The first kappa shape index (κ1) is 21.2. The highest BCUT2D eigenvalue weighted by molar-refractivity contribution is 7.89. The predicted molar refractivity (Wildman–Crippen MR) is 110 cm³/mol. The third kappa shape index (κ3) is 4.77. The van der Waals surface area contributed by atoms with Gasteiger partial charge in [0.1, 0.15) is 0 Å². The van der Waals surface area contributed by atoms with Crippen LogP contribution in [0.15, 0.2) is 29.2 Å². The van der Waals surface area contributed by atoms with Crippen LogP contribution in [-0.2, 0) is 10.0 Å². The largest absolute Gasteiger partial charge is 0.241 e. The second-order valence-electron chi connectivity index (χ2n) is 8.73. The van der Waals surface area contributed by atoms with Crippen molar-refractivity contribution in [1.29, 1.82) is 0 Å². The number of rotatable bonds is 6. The maximum atomic E-state index is 13.4. The fourth-order valence-electron chi connectivity index (χ4n) is 3.63. The molecule has 4 heteroatoms. The van der Waals surface area contributed by atoms with E-state index in [0.29, 0.717) is 16.7 Å². The van der Waals surface area contributed by atoms with E-state index in [-0.39, 0.29) is 17.9 Å². The van der Waals surface area contributed by atoms with Crippen molar-refractivity contribution in [3.8, 4) is 0 Å². The lowest BCUT2D eigenvalue weighted by Gasteiger charge is -2.26. The first-order valence-corrected chi connectivity index (χ1v) is 11.4. The Hall–Kier alpha value is -1.13. The van der Waals surface area contributed by atoms with Gasteiger partial charge in [0.25, 0.3) is 0 Å². The van der Waals surface area contributed by atoms with E-state index in [0.717, 1.165) is 24.0 Å². The minimum Gasteiger partial charge on any atom is -0.207 e. The Bertz CT molecular complexity index is 731. The minimum atomic E-state index is -3.58. The van der Waals surface area contributed by atoms with Crippen molar-refractivity contribution in [3.05, 3.63) is 41.0 Å². The topological polar surface area (TPSA) is 46.2 Å². The van der Waals surface area contributed by atoms with Crippen molar-refractivity contribution >= 4 is 10.0 Å².